The van der Waals surface area contributed by atoms with E-state index in [0.717, 1.165) is 35.2 Å². The molecule has 158 valence electrons. The first-order valence-electron chi connectivity index (χ1n) is 11.7. The van der Waals surface area contributed by atoms with Crippen molar-refractivity contribution in [3.63, 3.8) is 0 Å². The first-order chi connectivity index (χ1) is 14.6. The molecule has 0 bridgehead atoms. The van der Waals surface area contributed by atoms with Crippen molar-refractivity contribution in [3.05, 3.63) is 53.1 Å². The van der Waals surface area contributed by atoms with E-state index in [1.807, 2.05) is 0 Å². The Bertz CT molecular complexity index is 985. The molecule has 2 aromatic rings. The minimum atomic E-state index is 0.410. The Morgan fingerprint density at radius 2 is 1.73 bits per heavy atom. The molecule has 1 heterocycles. The molecule has 3 aliphatic carbocycles. The van der Waals surface area contributed by atoms with E-state index in [-0.39, 0.29) is 0 Å². The highest BCUT2D eigenvalue weighted by atomic mass is 16.5. The zero-order chi connectivity index (χ0) is 20.5. The lowest BCUT2D eigenvalue weighted by atomic mass is 9.55. The van der Waals surface area contributed by atoms with Gasteiger partial charge >= 0.3 is 0 Å². The Labute approximate surface area is 180 Å². The van der Waals surface area contributed by atoms with Crippen molar-refractivity contribution in [1.82, 2.24) is 0 Å². The first-order valence-corrected chi connectivity index (χ1v) is 11.7. The molecule has 2 saturated carbocycles. The summed E-state index contributed by atoms with van der Waals surface area (Å²) in [6, 6.07) is 14.0. The highest BCUT2D eigenvalue weighted by Crippen LogP contribution is 2.64. The van der Waals surface area contributed by atoms with Crippen molar-refractivity contribution >= 4 is 5.69 Å². The maximum absolute atomic E-state index is 5.50. The monoisotopic (exact) mass is 403 g/mol. The van der Waals surface area contributed by atoms with Crippen LogP contribution < -0.4 is 14.8 Å². The maximum atomic E-state index is 5.50. The Balaban J connectivity index is 1.31. The van der Waals surface area contributed by atoms with Crippen molar-refractivity contribution in [2.45, 2.75) is 57.4 Å². The van der Waals surface area contributed by atoms with E-state index in [1.54, 1.807) is 19.8 Å². The van der Waals surface area contributed by atoms with Gasteiger partial charge in [0.25, 0.3) is 0 Å². The molecule has 0 saturated heterocycles. The standard InChI is InChI=1S/C27H33NO2/c1-27-11-10-22-21-8-5-19(29-2)13-16(21)4-7-23(22)24(27)15-18-12-17-14-20(30-3)6-9-25(17)28-26(18)27/h5-6,8-9,13-14,18,22-24,26,28H,4,7,10-12,15H2,1-3H3/t18-,22?,23?,24-,26+,27+/m0/s1. The van der Waals surface area contributed by atoms with Crippen LogP contribution in [0.5, 0.6) is 11.5 Å². The van der Waals surface area contributed by atoms with Crippen LogP contribution in [0.3, 0.4) is 0 Å². The summed E-state index contributed by atoms with van der Waals surface area (Å²) in [5.41, 5.74) is 6.34. The quantitative estimate of drug-likeness (QED) is 0.685. The average Bonchev–Trinajstić information content (AvgIpc) is 3.08. The summed E-state index contributed by atoms with van der Waals surface area (Å²) < 4.78 is 11.0. The smallest absolute Gasteiger partial charge is 0.119 e. The van der Waals surface area contributed by atoms with Gasteiger partial charge in [0, 0.05) is 11.7 Å². The highest BCUT2D eigenvalue weighted by molar-refractivity contribution is 5.58. The summed E-state index contributed by atoms with van der Waals surface area (Å²) in [5.74, 6) is 5.13. The summed E-state index contributed by atoms with van der Waals surface area (Å²) in [7, 11) is 3.54. The third-order valence-corrected chi connectivity index (χ3v) is 9.22. The molecule has 1 aliphatic heterocycles. The van der Waals surface area contributed by atoms with Crippen LogP contribution in [0.4, 0.5) is 5.69 Å². The molecule has 2 fully saturated rings. The van der Waals surface area contributed by atoms with Crippen LogP contribution in [0.25, 0.3) is 0 Å². The van der Waals surface area contributed by atoms with Crippen molar-refractivity contribution in [1.29, 1.82) is 0 Å². The van der Waals surface area contributed by atoms with Crippen molar-refractivity contribution < 1.29 is 9.47 Å². The van der Waals surface area contributed by atoms with Crippen molar-refractivity contribution in [3.8, 4) is 11.5 Å². The van der Waals surface area contributed by atoms with Gasteiger partial charge in [-0.1, -0.05) is 13.0 Å². The van der Waals surface area contributed by atoms with Crippen molar-refractivity contribution in [2.24, 2.45) is 23.2 Å². The number of rotatable bonds is 2. The molecule has 0 radical (unpaired) electrons. The van der Waals surface area contributed by atoms with Gasteiger partial charge in [0.2, 0.25) is 0 Å². The number of hydrogen-bond donors (Lipinski definition) is 1. The van der Waals surface area contributed by atoms with E-state index in [9.17, 15) is 0 Å². The Morgan fingerprint density at radius 3 is 2.53 bits per heavy atom. The maximum Gasteiger partial charge on any atom is 0.119 e. The third-order valence-electron chi connectivity index (χ3n) is 9.22. The summed E-state index contributed by atoms with van der Waals surface area (Å²) in [6.45, 7) is 2.60. The predicted molar refractivity (Wildman–Crippen MR) is 121 cm³/mol. The molecule has 6 atom stereocenters. The summed E-state index contributed by atoms with van der Waals surface area (Å²) in [5, 5.41) is 4.01. The van der Waals surface area contributed by atoms with Gasteiger partial charge in [-0.3, -0.25) is 0 Å². The van der Waals surface area contributed by atoms with Gasteiger partial charge in [0.1, 0.15) is 11.5 Å². The number of hydrogen-bond acceptors (Lipinski definition) is 3. The highest BCUT2D eigenvalue weighted by Gasteiger charge is 2.59. The number of anilines is 1. The lowest BCUT2D eigenvalue weighted by molar-refractivity contribution is 0.0530. The molecule has 6 rings (SSSR count). The zero-order valence-corrected chi connectivity index (χ0v) is 18.4. The van der Waals surface area contributed by atoms with Crippen LogP contribution >= 0.6 is 0 Å². The summed E-state index contributed by atoms with van der Waals surface area (Å²) >= 11 is 0. The molecule has 3 heteroatoms. The Hall–Kier alpha value is -2.16. The molecular formula is C27H33NO2. The van der Waals surface area contributed by atoms with Gasteiger partial charge < -0.3 is 14.8 Å². The van der Waals surface area contributed by atoms with Crippen LogP contribution in [-0.2, 0) is 12.8 Å². The Morgan fingerprint density at radius 1 is 0.967 bits per heavy atom. The molecule has 0 spiro atoms. The number of aryl methyl sites for hydroxylation is 1. The van der Waals surface area contributed by atoms with Crippen LogP contribution in [0.1, 0.15) is 55.2 Å². The fourth-order valence-corrected chi connectivity index (χ4v) is 7.80. The lowest BCUT2D eigenvalue weighted by Crippen LogP contribution is -2.48. The molecule has 3 nitrogen and oxygen atoms in total. The minimum Gasteiger partial charge on any atom is -0.497 e. The molecule has 4 aliphatic rings. The average molecular weight is 404 g/mol. The van der Waals surface area contributed by atoms with Gasteiger partial charge in [-0.25, -0.2) is 0 Å². The number of methoxy groups -OCH3 is 2. The normalized spacial score (nSPS) is 35.8. The lowest BCUT2D eigenvalue weighted by Gasteiger charge is -2.51. The van der Waals surface area contributed by atoms with Gasteiger partial charge in [-0.2, -0.15) is 0 Å². The number of ether oxygens (including phenoxy) is 2. The third kappa shape index (κ3) is 2.57. The Kier molecular flexibility index (Phi) is 4.13. The van der Waals surface area contributed by atoms with E-state index in [0.29, 0.717) is 11.5 Å². The summed E-state index contributed by atoms with van der Waals surface area (Å²) in [4.78, 5) is 0. The van der Waals surface area contributed by atoms with E-state index < -0.39 is 0 Å². The second kappa shape index (κ2) is 6.67. The largest absolute Gasteiger partial charge is 0.497 e. The first kappa shape index (κ1) is 18.6. The van der Waals surface area contributed by atoms with Gasteiger partial charge in [0.15, 0.2) is 0 Å². The molecule has 2 unspecified atom stereocenters. The molecule has 2 aromatic carbocycles. The number of fused-ring (bicyclic) bond motifs is 8. The molecule has 0 aromatic heterocycles. The van der Waals surface area contributed by atoms with Gasteiger partial charge in [0.05, 0.1) is 14.2 Å². The van der Waals surface area contributed by atoms with E-state index in [2.05, 4.69) is 48.6 Å². The summed E-state index contributed by atoms with van der Waals surface area (Å²) in [6.07, 6.45) is 7.78. The SMILES string of the molecule is COc1ccc2c(c1)C[C@H]1C[C@H]3C4CCc5cc(OC)ccc5C4CC[C@@]3(C)[C@@H]1N2. The van der Waals surface area contributed by atoms with E-state index in [1.165, 1.54) is 55.3 Å². The second-order valence-corrected chi connectivity index (χ2v) is 10.4. The molecular weight excluding hydrogens is 370 g/mol. The van der Waals surface area contributed by atoms with Gasteiger partial charge in [-0.05, 0) is 115 Å². The van der Waals surface area contributed by atoms with Crippen LogP contribution in [0.2, 0.25) is 0 Å². The van der Waals surface area contributed by atoms with Crippen LogP contribution in [0.15, 0.2) is 36.4 Å². The zero-order valence-electron chi connectivity index (χ0n) is 18.4. The van der Waals surface area contributed by atoms with Crippen LogP contribution in [0, 0.1) is 23.2 Å². The number of nitrogens with one attached hydrogen (secondary N) is 1. The topological polar surface area (TPSA) is 30.5 Å². The molecule has 30 heavy (non-hydrogen) atoms. The van der Waals surface area contributed by atoms with Crippen molar-refractivity contribution in [2.75, 3.05) is 19.5 Å². The predicted octanol–water partition coefficient (Wildman–Crippen LogP) is 5.82. The second-order valence-electron chi connectivity index (χ2n) is 10.4. The fourth-order valence-electron chi connectivity index (χ4n) is 7.80. The number of benzene rings is 2. The van der Waals surface area contributed by atoms with E-state index >= 15 is 0 Å². The minimum absolute atomic E-state index is 0.410. The molecule has 0 amide bonds. The van der Waals surface area contributed by atoms with Gasteiger partial charge in [-0.15, -0.1) is 0 Å². The fraction of sp³-hybridized carbons (Fsp3) is 0.556. The van der Waals surface area contributed by atoms with Crippen LogP contribution in [-0.4, -0.2) is 20.3 Å². The van der Waals surface area contributed by atoms with E-state index in [4.69, 9.17) is 9.47 Å². The molecule has 1 N–H and O–H groups in total.